The molecule has 0 bridgehead atoms. The minimum absolute atomic E-state index is 0.101. The molecule has 0 saturated carbocycles. The average Bonchev–Trinajstić information content (AvgIpc) is 3.07. The number of imidazole rings is 1. The van der Waals surface area contributed by atoms with Crippen molar-refractivity contribution in [2.45, 2.75) is 33.4 Å². The molecule has 0 saturated heterocycles. The van der Waals surface area contributed by atoms with E-state index in [1.165, 1.54) is 26.0 Å². The van der Waals surface area contributed by atoms with Gasteiger partial charge in [-0.1, -0.05) is 12.1 Å². The maximum atomic E-state index is 12.1. The number of nitrogens with zero attached hydrogens (tertiary/aromatic N) is 2. The zero-order chi connectivity index (χ0) is 19.1. The number of anilines is 1. The Bertz CT molecular complexity index is 839. The second-order valence-electron chi connectivity index (χ2n) is 5.61. The van der Waals surface area contributed by atoms with Gasteiger partial charge in [-0.2, -0.15) is 0 Å². The minimum Gasteiger partial charge on any atom is -0.449 e. The highest BCUT2D eigenvalue weighted by atomic mass is 16.5. The number of aryl methyl sites for hydroxylation is 1. The van der Waals surface area contributed by atoms with Crippen LogP contribution in [0.25, 0.3) is 6.08 Å². The number of nitrogens with one attached hydrogen (secondary N) is 1. The minimum atomic E-state index is -0.987. The highest BCUT2D eigenvalue weighted by Gasteiger charge is 2.17. The predicted molar refractivity (Wildman–Crippen MR) is 97.6 cm³/mol. The van der Waals surface area contributed by atoms with Crippen molar-refractivity contribution in [1.29, 1.82) is 0 Å². The molecule has 7 nitrogen and oxygen atoms in total. The molecular formula is C19H21N3O4. The van der Waals surface area contributed by atoms with Gasteiger partial charge >= 0.3 is 5.97 Å². The number of hydrogen-bond acceptors (Lipinski definition) is 5. The monoisotopic (exact) mass is 355 g/mol. The van der Waals surface area contributed by atoms with Gasteiger partial charge in [0.15, 0.2) is 11.9 Å². The topological polar surface area (TPSA) is 90.3 Å². The lowest BCUT2D eigenvalue weighted by molar-refractivity contribution is -0.148. The van der Waals surface area contributed by atoms with E-state index in [1.807, 2.05) is 11.5 Å². The molecule has 2 rings (SSSR count). The number of ether oxygens (including phenoxy) is 1. The van der Waals surface area contributed by atoms with Gasteiger partial charge in [0, 0.05) is 36.3 Å². The van der Waals surface area contributed by atoms with Gasteiger partial charge in [0.05, 0.1) is 0 Å². The van der Waals surface area contributed by atoms with Crippen molar-refractivity contribution in [3.05, 3.63) is 54.1 Å². The molecule has 1 unspecified atom stereocenters. The van der Waals surface area contributed by atoms with Gasteiger partial charge in [-0.25, -0.2) is 9.78 Å². The van der Waals surface area contributed by atoms with Crippen LogP contribution < -0.4 is 5.32 Å². The molecule has 136 valence electrons. The molecule has 0 radical (unpaired) electrons. The van der Waals surface area contributed by atoms with Gasteiger partial charge < -0.3 is 14.6 Å². The second-order valence-corrected chi connectivity index (χ2v) is 5.61. The molecule has 1 amide bonds. The zero-order valence-electron chi connectivity index (χ0n) is 14.9. The van der Waals surface area contributed by atoms with Crippen LogP contribution in [-0.4, -0.2) is 33.3 Å². The van der Waals surface area contributed by atoms with Gasteiger partial charge in [-0.3, -0.25) is 9.59 Å². The van der Waals surface area contributed by atoms with Crippen molar-refractivity contribution in [2.75, 3.05) is 5.32 Å². The van der Waals surface area contributed by atoms with Gasteiger partial charge in [0.1, 0.15) is 5.82 Å². The third kappa shape index (κ3) is 5.14. The number of ketones is 1. The number of carbonyl (C=O) groups excluding carboxylic acids is 3. The summed E-state index contributed by atoms with van der Waals surface area (Å²) in [6.07, 6.45) is 5.22. The van der Waals surface area contributed by atoms with Crippen LogP contribution in [-0.2, 0) is 20.9 Å². The number of rotatable bonds is 7. The molecule has 1 N–H and O–H groups in total. The summed E-state index contributed by atoms with van der Waals surface area (Å²) in [5, 5.41) is 2.62. The van der Waals surface area contributed by atoms with E-state index in [0.29, 0.717) is 17.1 Å². The van der Waals surface area contributed by atoms with Crippen molar-refractivity contribution in [1.82, 2.24) is 9.55 Å². The quantitative estimate of drug-likeness (QED) is 0.468. The van der Waals surface area contributed by atoms with E-state index < -0.39 is 18.0 Å². The molecule has 7 heteroatoms. The van der Waals surface area contributed by atoms with E-state index >= 15 is 0 Å². The zero-order valence-corrected chi connectivity index (χ0v) is 14.9. The van der Waals surface area contributed by atoms with Crippen molar-refractivity contribution in [3.63, 3.8) is 0 Å². The fraction of sp³-hybridized carbons (Fsp3) is 0.263. The third-order valence-electron chi connectivity index (χ3n) is 3.66. The summed E-state index contributed by atoms with van der Waals surface area (Å²) >= 11 is 0. The number of carbonyl (C=O) groups is 3. The first-order valence-corrected chi connectivity index (χ1v) is 8.22. The van der Waals surface area contributed by atoms with Crippen LogP contribution in [0, 0.1) is 0 Å². The number of amides is 1. The maximum absolute atomic E-state index is 12.1. The molecule has 0 aliphatic heterocycles. The van der Waals surface area contributed by atoms with E-state index in [1.54, 1.807) is 36.7 Å². The lowest BCUT2D eigenvalue weighted by Crippen LogP contribution is -2.29. The fourth-order valence-electron chi connectivity index (χ4n) is 2.22. The van der Waals surface area contributed by atoms with Crippen LogP contribution in [0.15, 0.2) is 42.7 Å². The maximum Gasteiger partial charge on any atom is 0.331 e. The molecule has 0 fully saturated rings. The van der Waals surface area contributed by atoms with Gasteiger partial charge in [-0.05, 0) is 39.0 Å². The van der Waals surface area contributed by atoms with Crippen molar-refractivity contribution in [2.24, 2.45) is 0 Å². The van der Waals surface area contributed by atoms with Crippen molar-refractivity contribution in [3.8, 4) is 0 Å². The first-order chi connectivity index (χ1) is 12.4. The lowest BCUT2D eigenvalue weighted by atomic mass is 10.1. The average molecular weight is 355 g/mol. The van der Waals surface area contributed by atoms with Gasteiger partial charge in [-0.15, -0.1) is 0 Å². The van der Waals surface area contributed by atoms with Crippen LogP contribution in [0.1, 0.15) is 37.0 Å². The second kappa shape index (κ2) is 8.75. The van der Waals surface area contributed by atoms with Crippen LogP contribution in [0.4, 0.5) is 5.69 Å². The summed E-state index contributed by atoms with van der Waals surface area (Å²) in [7, 11) is 0. The predicted octanol–water partition coefficient (Wildman–Crippen LogP) is 2.69. The molecule has 0 spiro atoms. The Labute approximate surface area is 151 Å². The smallest absolute Gasteiger partial charge is 0.331 e. The first-order valence-electron chi connectivity index (χ1n) is 8.22. The molecule has 0 aliphatic carbocycles. The van der Waals surface area contributed by atoms with Crippen LogP contribution >= 0.6 is 0 Å². The Morgan fingerprint density at radius 1 is 1.35 bits per heavy atom. The van der Waals surface area contributed by atoms with Crippen molar-refractivity contribution >= 4 is 29.4 Å². The summed E-state index contributed by atoms with van der Waals surface area (Å²) in [6.45, 7) is 5.61. The molecule has 26 heavy (non-hydrogen) atoms. The Morgan fingerprint density at radius 3 is 2.81 bits per heavy atom. The van der Waals surface area contributed by atoms with Crippen LogP contribution in [0.3, 0.4) is 0 Å². The molecule has 2 aromatic rings. The number of Topliss-reactive ketones (excluding diaryl/α,β-unsaturated/α-hetero) is 1. The van der Waals surface area contributed by atoms with Crippen molar-refractivity contribution < 1.29 is 19.1 Å². The number of aromatic nitrogens is 2. The Hall–Kier alpha value is -3.22. The van der Waals surface area contributed by atoms with Gasteiger partial charge in [0.2, 0.25) is 0 Å². The summed E-state index contributed by atoms with van der Waals surface area (Å²) in [5.74, 6) is -0.600. The molecule has 1 aromatic heterocycles. The first kappa shape index (κ1) is 19.1. The van der Waals surface area contributed by atoms with Crippen LogP contribution in [0.5, 0.6) is 0 Å². The summed E-state index contributed by atoms with van der Waals surface area (Å²) in [6, 6.07) is 6.55. The Kier molecular flexibility index (Phi) is 6.43. The standard InChI is InChI=1S/C19H21N3O4/c1-4-22-11-10-20-17(22)8-9-18(24)26-14(3)19(25)21-16-7-5-6-15(12-16)13(2)23/h5-12,14H,4H2,1-3H3,(H,21,25). The van der Waals surface area contributed by atoms with E-state index in [-0.39, 0.29) is 5.78 Å². The molecular weight excluding hydrogens is 334 g/mol. The van der Waals surface area contributed by atoms with E-state index in [2.05, 4.69) is 10.3 Å². The molecule has 1 aromatic carbocycles. The van der Waals surface area contributed by atoms with Gasteiger partial charge in [0.25, 0.3) is 5.91 Å². The SMILES string of the molecule is CCn1ccnc1C=CC(=O)OC(C)C(=O)Nc1cccc(C(C)=O)c1. The Balaban J connectivity index is 1.93. The third-order valence-corrected chi connectivity index (χ3v) is 3.66. The van der Waals surface area contributed by atoms with E-state index in [9.17, 15) is 14.4 Å². The number of esters is 1. The van der Waals surface area contributed by atoms with E-state index in [4.69, 9.17) is 4.74 Å². The normalized spacial score (nSPS) is 12.0. The van der Waals surface area contributed by atoms with E-state index in [0.717, 1.165) is 6.54 Å². The molecule has 1 atom stereocenters. The largest absolute Gasteiger partial charge is 0.449 e. The summed E-state index contributed by atoms with van der Waals surface area (Å²) in [4.78, 5) is 39.5. The summed E-state index contributed by atoms with van der Waals surface area (Å²) < 4.78 is 6.96. The number of benzene rings is 1. The molecule has 0 aliphatic rings. The summed E-state index contributed by atoms with van der Waals surface area (Å²) in [5.41, 5.74) is 0.952. The Morgan fingerprint density at radius 2 is 2.12 bits per heavy atom. The lowest BCUT2D eigenvalue weighted by Gasteiger charge is -2.12. The highest BCUT2D eigenvalue weighted by Crippen LogP contribution is 2.12. The van der Waals surface area contributed by atoms with Crippen LogP contribution in [0.2, 0.25) is 0 Å². The highest BCUT2D eigenvalue weighted by molar-refractivity contribution is 5.99. The fourth-order valence-corrected chi connectivity index (χ4v) is 2.22. The molecule has 1 heterocycles. The number of hydrogen-bond donors (Lipinski definition) is 1.